The Morgan fingerprint density at radius 2 is 2.12 bits per heavy atom. The highest BCUT2D eigenvalue weighted by Crippen LogP contribution is 2.22. The maximum atomic E-state index is 10.6. The fourth-order valence-electron chi connectivity index (χ4n) is 1.59. The Morgan fingerprint density at radius 3 is 2.71 bits per heavy atom. The summed E-state index contributed by atoms with van der Waals surface area (Å²) >= 11 is 0. The van der Waals surface area contributed by atoms with Gasteiger partial charge < -0.3 is 11.1 Å². The lowest BCUT2D eigenvalue weighted by molar-refractivity contribution is -0.384. The number of rotatable bonds is 6. The second kappa shape index (κ2) is 6.08. The molecule has 3 N–H and O–H groups in total. The molecule has 0 fully saturated rings. The lowest BCUT2D eigenvalue weighted by atomic mass is 10.1. The molecular weight excluding hydrogens is 218 g/mol. The summed E-state index contributed by atoms with van der Waals surface area (Å²) in [5, 5.41) is 13.8. The minimum Gasteiger partial charge on any atom is -0.398 e. The average molecular weight is 237 g/mol. The van der Waals surface area contributed by atoms with Crippen LogP contribution in [0.1, 0.15) is 26.7 Å². The third-order valence-electron chi connectivity index (χ3n) is 2.44. The lowest BCUT2D eigenvalue weighted by Crippen LogP contribution is -2.04. The van der Waals surface area contributed by atoms with Crippen LogP contribution in [0.25, 0.3) is 0 Å². The molecule has 5 nitrogen and oxygen atoms in total. The first kappa shape index (κ1) is 13.3. The number of hydrogen-bond acceptors (Lipinski definition) is 4. The summed E-state index contributed by atoms with van der Waals surface area (Å²) < 4.78 is 0. The molecule has 0 unspecified atom stereocenters. The molecule has 0 amide bonds. The lowest BCUT2D eigenvalue weighted by Gasteiger charge is -2.08. The molecule has 0 aliphatic heterocycles. The summed E-state index contributed by atoms with van der Waals surface area (Å²) in [7, 11) is 0. The van der Waals surface area contributed by atoms with E-state index in [-0.39, 0.29) is 5.69 Å². The monoisotopic (exact) mass is 237 g/mol. The summed E-state index contributed by atoms with van der Waals surface area (Å²) in [5.41, 5.74) is 6.75. The minimum atomic E-state index is -0.435. The molecule has 0 aliphatic rings. The van der Waals surface area contributed by atoms with Crippen molar-refractivity contribution in [3.63, 3.8) is 0 Å². The van der Waals surface area contributed by atoms with Crippen molar-refractivity contribution in [2.24, 2.45) is 5.92 Å². The van der Waals surface area contributed by atoms with E-state index in [1.165, 1.54) is 12.1 Å². The van der Waals surface area contributed by atoms with Crippen LogP contribution >= 0.6 is 0 Å². The van der Waals surface area contributed by atoms with Gasteiger partial charge in [-0.3, -0.25) is 10.1 Å². The van der Waals surface area contributed by atoms with Gasteiger partial charge in [0.05, 0.1) is 4.92 Å². The molecule has 0 saturated carbocycles. The van der Waals surface area contributed by atoms with Gasteiger partial charge in [-0.05, 0) is 24.8 Å². The van der Waals surface area contributed by atoms with Gasteiger partial charge in [-0.25, -0.2) is 0 Å². The standard InChI is InChI=1S/C12H19N3O2/c1-9(2)4-3-5-14-11-6-10(13)7-12(8-11)15(16)17/h6-9,14H,3-5,13H2,1-2H3. The normalized spacial score (nSPS) is 10.5. The van der Waals surface area contributed by atoms with E-state index in [1.807, 2.05) is 0 Å². The van der Waals surface area contributed by atoms with Gasteiger partial charge in [-0.1, -0.05) is 13.8 Å². The van der Waals surface area contributed by atoms with E-state index in [9.17, 15) is 10.1 Å². The summed E-state index contributed by atoms with van der Waals surface area (Å²) in [6.07, 6.45) is 2.18. The third-order valence-corrected chi connectivity index (χ3v) is 2.44. The Hall–Kier alpha value is -1.78. The topological polar surface area (TPSA) is 81.2 Å². The van der Waals surface area contributed by atoms with Gasteiger partial charge in [-0.2, -0.15) is 0 Å². The third kappa shape index (κ3) is 4.72. The summed E-state index contributed by atoms with van der Waals surface area (Å²) in [6, 6.07) is 4.58. The predicted molar refractivity (Wildman–Crippen MR) is 70.1 cm³/mol. The van der Waals surface area contributed by atoms with Crippen molar-refractivity contribution in [1.29, 1.82) is 0 Å². The number of nitro benzene ring substituents is 1. The first-order valence-corrected chi connectivity index (χ1v) is 5.78. The smallest absolute Gasteiger partial charge is 0.273 e. The summed E-state index contributed by atoms with van der Waals surface area (Å²) in [4.78, 5) is 10.2. The molecule has 1 aromatic rings. The molecule has 0 aromatic heterocycles. The molecule has 17 heavy (non-hydrogen) atoms. The number of benzene rings is 1. The quantitative estimate of drug-likeness (QED) is 0.345. The number of anilines is 2. The van der Waals surface area contributed by atoms with Crippen molar-refractivity contribution < 1.29 is 4.92 Å². The highest BCUT2D eigenvalue weighted by atomic mass is 16.6. The van der Waals surface area contributed by atoms with Gasteiger partial charge in [0.2, 0.25) is 0 Å². The van der Waals surface area contributed by atoms with Gasteiger partial charge >= 0.3 is 0 Å². The van der Waals surface area contributed by atoms with Crippen LogP contribution in [-0.4, -0.2) is 11.5 Å². The Morgan fingerprint density at radius 1 is 1.41 bits per heavy atom. The number of nitrogens with one attached hydrogen (secondary N) is 1. The van der Waals surface area contributed by atoms with Crippen LogP contribution in [0.3, 0.4) is 0 Å². The zero-order valence-electron chi connectivity index (χ0n) is 10.3. The van der Waals surface area contributed by atoms with E-state index >= 15 is 0 Å². The number of nitro groups is 1. The average Bonchev–Trinajstić information content (AvgIpc) is 2.23. The first-order chi connectivity index (χ1) is 7.99. The summed E-state index contributed by atoms with van der Waals surface area (Å²) in [5.74, 6) is 0.673. The van der Waals surface area contributed by atoms with Crippen LogP contribution in [0.2, 0.25) is 0 Å². The van der Waals surface area contributed by atoms with Crippen LogP contribution in [0.4, 0.5) is 17.1 Å². The van der Waals surface area contributed by atoms with Crippen LogP contribution in [-0.2, 0) is 0 Å². The van der Waals surface area contributed by atoms with Crippen molar-refractivity contribution in [2.75, 3.05) is 17.6 Å². The number of non-ortho nitro benzene ring substituents is 1. The van der Waals surface area contributed by atoms with Gasteiger partial charge in [0, 0.05) is 30.1 Å². The molecule has 0 aliphatic carbocycles. The van der Waals surface area contributed by atoms with Gasteiger partial charge in [-0.15, -0.1) is 0 Å². The Bertz CT molecular complexity index is 391. The van der Waals surface area contributed by atoms with Crippen molar-refractivity contribution >= 4 is 17.1 Å². The fraction of sp³-hybridized carbons (Fsp3) is 0.500. The number of nitrogens with zero attached hydrogens (tertiary/aromatic N) is 1. The van der Waals surface area contributed by atoms with Crippen molar-refractivity contribution in [2.45, 2.75) is 26.7 Å². The molecule has 0 atom stereocenters. The minimum absolute atomic E-state index is 0.0244. The highest BCUT2D eigenvalue weighted by Gasteiger charge is 2.07. The molecule has 0 spiro atoms. The molecule has 0 bridgehead atoms. The molecule has 0 heterocycles. The summed E-state index contributed by atoms with van der Waals surface area (Å²) in [6.45, 7) is 5.15. The van der Waals surface area contributed by atoms with E-state index < -0.39 is 4.92 Å². The van der Waals surface area contributed by atoms with E-state index in [4.69, 9.17) is 5.73 Å². The fourth-order valence-corrected chi connectivity index (χ4v) is 1.59. The van der Waals surface area contributed by atoms with Crippen LogP contribution in [0.5, 0.6) is 0 Å². The molecule has 5 heteroatoms. The van der Waals surface area contributed by atoms with Crippen LogP contribution in [0, 0.1) is 16.0 Å². The first-order valence-electron chi connectivity index (χ1n) is 5.78. The van der Waals surface area contributed by atoms with Crippen molar-refractivity contribution in [3.05, 3.63) is 28.3 Å². The van der Waals surface area contributed by atoms with Crippen molar-refractivity contribution in [3.8, 4) is 0 Å². The van der Waals surface area contributed by atoms with Gasteiger partial charge in [0.1, 0.15) is 0 Å². The highest BCUT2D eigenvalue weighted by molar-refractivity contribution is 5.61. The van der Waals surface area contributed by atoms with Crippen molar-refractivity contribution in [1.82, 2.24) is 0 Å². The molecule has 0 radical (unpaired) electrons. The molecule has 1 rings (SSSR count). The molecule has 0 saturated heterocycles. The van der Waals surface area contributed by atoms with E-state index in [1.54, 1.807) is 6.07 Å². The Kier molecular flexibility index (Phi) is 4.75. The number of hydrogen-bond donors (Lipinski definition) is 2. The van der Waals surface area contributed by atoms with E-state index in [0.717, 1.165) is 19.4 Å². The van der Waals surface area contributed by atoms with Crippen LogP contribution < -0.4 is 11.1 Å². The molecule has 1 aromatic carbocycles. The maximum absolute atomic E-state index is 10.6. The number of nitrogen functional groups attached to an aromatic ring is 1. The SMILES string of the molecule is CC(C)CCCNc1cc(N)cc([N+](=O)[O-])c1. The predicted octanol–water partition coefficient (Wildman–Crippen LogP) is 3.03. The zero-order valence-corrected chi connectivity index (χ0v) is 10.3. The Labute approximate surface area is 101 Å². The van der Waals surface area contributed by atoms with E-state index in [0.29, 0.717) is 17.3 Å². The number of nitrogens with two attached hydrogens (primary N) is 1. The zero-order chi connectivity index (χ0) is 12.8. The second-order valence-electron chi connectivity index (χ2n) is 4.53. The second-order valence-corrected chi connectivity index (χ2v) is 4.53. The van der Waals surface area contributed by atoms with Gasteiger partial charge in [0.25, 0.3) is 5.69 Å². The molecular formula is C12H19N3O2. The van der Waals surface area contributed by atoms with Crippen LogP contribution in [0.15, 0.2) is 18.2 Å². The maximum Gasteiger partial charge on any atom is 0.273 e. The van der Waals surface area contributed by atoms with E-state index in [2.05, 4.69) is 19.2 Å². The largest absolute Gasteiger partial charge is 0.398 e. The van der Waals surface area contributed by atoms with Gasteiger partial charge in [0.15, 0.2) is 0 Å². The Balaban J connectivity index is 2.56. The molecule has 94 valence electrons.